The van der Waals surface area contributed by atoms with Gasteiger partial charge in [0, 0.05) is 12.8 Å². The largest absolute Gasteiger partial charge is 0.478 e. The van der Waals surface area contributed by atoms with E-state index >= 15 is 0 Å². The number of anilines is 1. The lowest BCUT2D eigenvalue weighted by molar-refractivity contribution is -0.138. The van der Waals surface area contributed by atoms with Crippen LogP contribution in [0, 0.1) is 0 Å². The molecule has 0 aliphatic rings. The fraction of sp³-hybridized carbons (Fsp3) is 0.417. The number of carboxylic acids is 1. The summed E-state index contributed by atoms with van der Waals surface area (Å²) in [6.45, 7) is -0.183. The maximum atomic E-state index is 12.6. The normalized spacial score (nSPS) is 13.1. The standard InChI is InChI=1S/C12H14F3NO4/c1-20-6-8(5-17)16-7-2-3-10(12(13,14)15)9(4-7)11(18)19/h2-4,8,16-17H,5-6H2,1H3,(H,18,19). The fourth-order valence-electron chi connectivity index (χ4n) is 1.64. The average molecular weight is 293 g/mol. The topological polar surface area (TPSA) is 78.8 Å². The SMILES string of the molecule is COCC(CO)Nc1ccc(C(F)(F)F)c(C(=O)O)c1. The molecule has 0 radical (unpaired) electrons. The number of alkyl halides is 3. The molecule has 0 aromatic heterocycles. The minimum Gasteiger partial charge on any atom is -0.478 e. The first-order valence-electron chi connectivity index (χ1n) is 5.60. The molecule has 0 spiro atoms. The van der Waals surface area contributed by atoms with Gasteiger partial charge in [-0.05, 0) is 18.2 Å². The van der Waals surface area contributed by atoms with Crippen LogP contribution in [0.4, 0.5) is 18.9 Å². The van der Waals surface area contributed by atoms with Gasteiger partial charge in [0.1, 0.15) is 0 Å². The van der Waals surface area contributed by atoms with Gasteiger partial charge in [-0.3, -0.25) is 0 Å². The van der Waals surface area contributed by atoms with Gasteiger partial charge in [0.25, 0.3) is 0 Å². The lowest BCUT2D eigenvalue weighted by Crippen LogP contribution is -2.29. The van der Waals surface area contributed by atoms with Crippen molar-refractivity contribution >= 4 is 11.7 Å². The zero-order chi connectivity index (χ0) is 15.3. The van der Waals surface area contributed by atoms with E-state index in [9.17, 15) is 18.0 Å². The van der Waals surface area contributed by atoms with E-state index in [0.717, 1.165) is 12.1 Å². The summed E-state index contributed by atoms with van der Waals surface area (Å²) in [5.41, 5.74) is -1.91. The van der Waals surface area contributed by atoms with Crippen molar-refractivity contribution in [2.24, 2.45) is 0 Å². The zero-order valence-corrected chi connectivity index (χ0v) is 10.6. The number of ether oxygens (including phenoxy) is 1. The Kier molecular flexibility index (Phi) is 5.34. The van der Waals surface area contributed by atoms with Crippen LogP contribution in [-0.4, -0.2) is 42.5 Å². The number of methoxy groups -OCH3 is 1. The molecule has 0 fully saturated rings. The first kappa shape index (κ1) is 16.3. The van der Waals surface area contributed by atoms with Crippen molar-refractivity contribution in [3.05, 3.63) is 29.3 Å². The highest BCUT2D eigenvalue weighted by Crippen LogP contribution is 2.33. The van der Waals surface area contributed by atoms with Gasteiger partial charge in [0.2, 0.25) is 0 Å². The summed E-state index contributed by atoms with van der Waals surface area (Å²) in [5, 5.41) is 20.6. The maximum absolute atomic E-state index is 12.6. The number of aliphatic hydroxyl groups is 1. The molecule has 1 aromatic carbocycles. The van der Waals surface area contributed by atoms with E-state index < -0.39 is 29.3 Å². The highest BCUT2D eigenvalue weighted by Gasteiger charge is 2.35. The van der Waals surface area contributed by atoms with Crippen LogP contribution in [-0.2, 0) is 10.9 Å². The van der Waals surface area contributed by atoms with Crippen molar-refractivity contribution in [3.63, 3.8) is 0 Å². The Balaban J connectivity index is 3.08. The highest BCUT2D eigenvalue weighted by atomic mass is 19.4. The van der Waals surface area contributed by atoms with E-state index in [1.54, 1.807) is 0 Å². The molecule has 1 atom stereocenters. The molecule has 20 heavy (non-hydrogen) atoms. The smallest absolute Gasteiger partial charge is 0.417 e. The Labute approximate surface area is 113 Å². The zero-order valence-electron chi connectivity index (χ0n) is 10.6. The van der Waals surface area contributed by atoms with Gasteiger partial charge in [-0.15, -0.1) is 0 Å². The van der Waals surface area contributed by atoms with E-state index in [0.29, 0.717) is 6.07 Å². The number of aliphatic hydroxyl groups excluding tert-OH is 1. The third kappa shape index (κ3) is 4.10. The van der Waals surface area contributed by atoms with Crippen molar-refractivity contribution < 1.29 is 32.9 Å². The summed E-state index contributed by atoms with van der Waals surface area (Å²) in [7, 11) is 1.40. The number of carbonyl (C=O) groups is 1. The number of rotatable bonds is 6. The molecule has 8 heteroatoms. The predicted octanol–water partition coefficient (Wildman–Crippen LogP) is 1.82. The minimum atomic E-state index is -4.74. The highest BCUT2D eigenvalue weighted by molar-refractivity contribution is 5.91. The molecule has 0 aliphatic carbocycles. The van der Waals surface area contributed by atoms with Crippen LogP contribution in [0.2, 0.25) is 0 Å². The summed E-state index contributed by atoms with van der Waals surface area (Å²) in [6.07, 6.45) is -4.74. The van der Waals surface area contributed by atoms with Crippen LogP contribution in [0.25, 0.3) is 0 Å². The Morgan fingerprint density at radius 3 is 2.55 bits per heavy atom. The average Bonchev–Trinajstić information content (AvgIpc) is 2.36. The number of hydrogen-bond acceptors (Lipinski definition) is 4. The predicted molar refractivity (Wildman–Crippen MR) is 64.8 cm³/mol. The number of aromatic carboxylic acids is 1. The lowest BCUT2D eigenvalue weighted by atomic mass is 10.1. The van der Waals surface area contributed by atoms with Gasteiger partial charge in [-0.1, -0.05) is 0 Å². The number of nitrogens with one attached hydrogen (secondary N) is 1. The van der Waals surface area contributed by atoms with Crippen LogP contribution >= 0.6 is 0 Å². The fourth-order valence-corrected chi connectivity index (χ4v) is 1.64. The Morgan fingerprint density at radius 2 is 2.10 bits per heavy atom. The van der Waals surface area contributed by atoms with Crippen LogP contribution in [0.5, 0.6) is 0 Å². The van der Waals surface area contributed by atoms with Crippen LogP contribution in [0.3, 0.4) is 0 Å². The van der Waals surface area contributed by atoms with Crippen molar-refractivity contribution in [2.45, 2.75) is 12.2 Å². The summed E-state index contributed by atoms with van der Waals surface area (Å²) < 4.78 is 42.7. The van der Waals surface area contributed by atoms with Gasteiger partial charge < -0.3 is 20.3 Å². The number of benzene rings is 1. The molecule has 1 aromatic rings. The van der Waals surface area contributed by atoms with Crippen LogP contribution in [0.1, 0.15) is 15.9 Å². The molecule has 112 valence electrons. The molecule has 0 aliphatic heterocycles. The van der Waals surface area contributed by atoms with Crippen LogP contribution in [0.15, 0.2) is 18.2 Å². The summed E-state index contributed by atoms with van der Waals surface area (Å²) >= 11 is 0. The second kappa shape index (κ2) is 6.58. The van der Waals surface area contributed by atoms with Crippen molar-refractivity contribution in [1.82, 2.24) is 0 Å². The number of hydrogen-bond donors (Lipinski definition) is 3. The van der Waals surface area contributed by atoms with Gasteiger partial charge in [0.05, 0.1) is 30.4 Å². The van der Waals surface area contributed by atoms with E-state index in [1.807, 2.05) is 0 Å². The van der Waals surface area contributed by atoms with E-state index in [4.69, 9.17) is 14.9 Å². The summed E-state index contributed by atoms with van der Waals surface area (Å²) in [6, 6.07) is 2.13. The summed E-state index contributed by atoms with van der Waals surface area (Å²) in [5.74, 6) is -1.67. The number of halogens is 3. The molecular formula is C12H14F3NO4. The third-order valence-electron chi connectivity index (χ3n) is 2.51. The molecule has 0 amide bonds. The molecule has 0 saturated heterocycles. The Bertz CT molecular complexity index is 476. The first-order chi connectivity index (χ1) is 9.29. The van der Waals surface area contributed by atoms with Crippen molar-refractivity contribution in [2.75, 3.05) is 25.6 Å². The molecule has 1 rings (SSSR count). The Morgan fingerprint density at radius 1 is 1.45 bits per heavy atom. The molecule has 1 unspecified atom stereocenters. The summed E-state index contributed by atoms with van der Waals surface area (Å²) in [4.78, 5) is 10.9. The molecular weight excluding hydrogens is 279 g/mol. The van der Waals surface area contributed by atoms with Gasteiger partial charge in [-0.2, -0.15) is 13.2 Å². The molecule has 0 saturated carbocycles. The van der Waals surface area contributed by atoms with Crippen molar-refractivity contribution in [1.29, 1.82) is 0 Å². The quantitative estimate of drug-likeness (QED) is 0.745. The first-order valence-corrected chi connectivity index (χ1v) is 5.60. The minimum absolute atomic E-state index is 0.125. The van der Waals surface area contributed by atoms with Crippen molar-refractivity contribution in [3.8, 4) is 0 Å². The third-order valence-corrected chi connectivity index (χ3v) is 2.51. The lowest BCUT2D eigenvalue weighted by Gasteiger charge is -2.18. The van der Waals surface area contributed by atoms with Gasteiger partial charge >= 0.3 is 12.1 Å². The molecule has 5 nitrogen and oxygen atoms in total. The molecule has 0 bridgehead atoms. The number of carboxylic acid groups (broad SMARTS) is 1. The van der Waals surface area contributed by atoms with E-state index in [-0.39, 0.29) is 18.9 Å². The van der Waals surface area contributed by atoms with E-state index in [1.165, 1.54) is 7.11 Å². The second-order valence-corrected chi connectivity index (χ2v) is 4.04. The monoisotopic (exact) mass is 293 g/mol. The maximum Gasteiger partial charge on any atom is 0.417 e. The Hall–Kier alpha value is -1.80. The second-order valence-electron chi connectivity index (χ2n) is 4.04. The van der Waals surface area contributed by atoms with Gasteiger partial charge in [0.15, 0.2) is 0 Å². The molecule has 0 heterocycles. The molecule has 3 N–H and O–H groups in total. The van der Waals surface area contributed by atoms with Gasteiger partial charge in [-0.25, -0.2) is 4.79 Å². The van der Waals surface area contributed by atoms with E-state index in [2.05, 4.69) is 5.32 Å². The van der Waals surface area contributed by atoms with Crippen LogP contribution < -0.4 is 5.32 Å².